The third-order valence-corrected chi connectivity index (χ3v) is 2.24. The number of carboxylic acids is 1. The van der Waals surface area contributed by atoms with Gasteiger partial charge >= 0.3 is 5.97 Å². The van der Waals surface area contributed by atoms with Crippen LogP contribution in [0.2, 0.25) is 0 Å². The monoisotopic (exact) mass is 171 g/mol. The van der Waals surface area contributed by atoms with Crippen LogP contribution in [0.5, 0.6) is 0 Å². The number of aliphatic carboxylic acids is 1. The summed E-state index contributed by atoms with van der Waals surface area (Å²) in [4.78, 5) is 12.8. The van der Waals surface area contributed by atoms with Gasteiger partial charge in [0.25, 0.3) is 0 Å². The van der Waals surface area contributed by atoms with E-state index in [1.54, 1.807) is 0 Å². The van der Waals surface area contributed by atoms with E-state index < -0.39 is 5.97 Å². The number of carboxylic acid groups (broad SMARTS) is 1. The van der Waals surface area contributed by atoms with Crippen molar-refractivity contribution >= 4 is 5.97 Å². The van der Waals surface area contributed by atoms with Crippen LogP contribution in [-0.4, -0.2) is 35.6 Å². The summed E-state index contributed by atoms with van der Waals surface area (Å²) in [5.74, 6) is -0.123. The number of nitrogens with zero attached hydrogens (tertiary/aromatic N) is 1. The molecule has 0 aromatic heterocycles. The van der Waals surface area contributed by atoms with Gasteiger partial charge < -0.3 is 10.0 Å². The highest BCUT2D eigenvalue weighted by molar-refractivity contribution is 5.70. The highest BCUT2D eigenvalue weighted by atomic mass is 16.4. The Labute approximate surface area is 73.4 Å². The lowest BCUT2D eigenvalue weighted by atomic mass is 10.1. The minimum absolute atomic E-state index is 0.122. The van der Waals surface area contributed by atoms with Crippen LogP contribution in [0.3, 0.4) is 0 Å². The molecule has 1 saturated heterocycles. The molecule has 12 heavy (non-hydrogen) atoms. The Balaban J connectivity index is 2.30. The van der Waals surface area contributed by atoms with Crippen molar-refractivity contribution in [2.75, 3.05) is 19.6 Å². The van der Waals surface area contributed by atoms with Crippen molar-refractivity contribution in [1.29, 1.82) is 0 Å². The van der Waals surface area contributed by atoms with E-state index in [1.165, 1.54) is 0 Å². The van der Waals surface area contributed by atoms with E-state index in [2.05, 4.69) is 18.7 Å². The van der Waals surface area contributed by atoms with E-state index in [1.807, 2.05) is 0 Å². The smallest absolute Gasteiger partial charge is 0.307 e. The zero-order valence-corrected chi connectivity index (χ0v) is 7.79. The summed E-state index contributed by atoms with van der Waals surface area (Å²) in [6, 6.07) is 0. The lowest BCUT2D eigenvalue weighted by Gasteiger charge is -2.17. The Morgan fingerprint density at radius 1 is 1.67 bits per heavy atom. The fraction of sp³-hybridized carbons (Fsp3) is 0.889. The predicted octanol–water partition coefficient (Wildman–Crippen LogP) is 1.05. The number of hydrogen-bond acceptors (Lipinski definition) is 2. The molecule has 3 heteroatoms. The van der Waals surface area contributed by atoms with E-state index in [4.69, 9.17) is 5.11 Å². The van der Waals surface area contributed by atoms with Gasteiger partial charge in [-0.15, -0.1) is 0 Å². The Morgan fingerprint density at radius 3 is 2.75 bits per heavy atom. The van der Waals surface area contributed by atoms with Crippen LogP contribution < -0.4 is 0 Å². The summed E-state index contributed by atoms with van der Waals surface area (Å²) in [6.07, 6.45) is 0.821. The molecule has 1 heterocycles. The fourth-order valence-corrected chi connectivity index (χ4v) is 1.72. The lowest BCUT2D eigenvalue weighted by Crippen LogP contribution is -2.26. The first-order valence-corrected chi connectivity index (χ1v) is 4.54. The molecule has 0 spiro atoms. The van der Waals surface area contributed by atoms with Gasteiger partial charge in [0, 0.05) is 13.1 Å². The van der Waals surface area contributed by atoms with Gasteiger partial charge in [-0.2, -0.15) is 0 Å². The molecule has 1 fully saturated rings. The van der Waals surface area contributed by atoms with Gasteiger partial charge in [0.1, 0.15) is 0 Å². The van der Waals surface area contributed by atoms with Crippen LogP contribution >= 0.6 is 0 Å². The Bertz CT molecular complexity index is 168. The molecule has 1 aliphatic heterocycles. The second kappa shape index (κ2) is 3.90. The Kier molecular flexibility index (Phi) is 3.09. The standard InChI is InChI=1S/C9H17NO2/c1-7(2)5-10-4-3-8(6-10)9(11)12/h7-8H,3-6H2,1-2H3,(H,11,12)/t8-/m1/s1. The molecular formula is C9H17NO2. The van der Waals surface area contributed by atoms with Gasteiger partial charge in [-0.1, -0.05) is 13.8 Å². The molecule has 1 rings (SSSR count). The fourth-order valence-electron chi connectivity index (χ4n) is 1.72. The third-order valence-electron chi connectivity index (χ3n) is 2.24. The van der Waals surface area contributed by atoms with Crippen LogP contribution in [-0.2, 0) is 4.79 Å². The van der Waals surface area contributed by atoms with Gasteiger partial charge in [0.15, 0.2) is 0 Å². The number of likely N-dealkylation sites (tertiary alicyclic amines) is 1. The first-order chi connectivity index (χ1) is 5.59. The molecule has 0 amide bonds. The Hall–Kier alpha value is -0.570. The van der Waals surface area contributed by atoms with Crippen LogP contribution in [0.1, 0.15) is 20.3 Å². The van der Waals surface area contributed by atoms with Crippen molar-refractivity contribution in [2.45, 2.75) is 20.3 Å². The first-order valence-electron chi connectivity index (χ1n) is 4.54. The van der Waals surface area contributed by atoms with Crippen molar-refractivity contribution in [3.8, 4) is 0 Å². The zero-order valence-electron chi connectivity index (χ0n) is 7.79. The van der Waals surface area contributed by atoms with Crippen LogP contribution in [0, 0.1) is 11.8 Å². The molecule has 1 aliphatic rings. The lowest BCUT2D eigenvalue weighted by molar-refractivity contribution is -0.141. The van der Waals surface area contributed by atoms with E-state index in [9.17, 15) is 4.79 Å². The van der Waals surface area contributed by atoms with Crippen LogP contribution in [0.25, 0.3) is 0 Å². The average Bonchev–Trinajstić information content (AvgIpc) is 2.34. The van der Waals surface area contributed by atoms with Gasteiger partial charge in [0.05, 0.1) is 5.92 Å². The van der Waals surface area contributed by atoms with Crippen molar-refractivity contribution < 1.29 is 9.90 Å². The summed E-state index contributed by atoms with van der Waals surface area (Å²) in [7, 11) is 0. The second-order valence-corrected chi connectivity index (χ2v) is 3.98. The van der Waals surface area contributed by atoms with Crippen molar-refractivity contribution in [3.05, 3.63) is 0 Å². The molecule has 1 atom stereocenters. The number of hydrogen-bond donors (Lipinski definition) is 1. The largest absolute Gasteiger partial charge is 0.481 e. The average molecular weight is 171 g/mol. The highest BCUT2D eigenvalue weighted by Gasteiger charge is 2.27. The topological polar surface area (TPSA) is 40.5 Å². The van der Waals surface area contributed by atoms with Crippen molar-refractivity contribution in [1.82, 2.24) is 4.90 Å². The SMILES string of the molecule is CC(C)CN1CC[C@@H](C(=O)O)C1. The first kappa shape index (κ1) is 9.52. The van der Waals surface area contributed by atoms with E-state index in [-0.39, 0.29) is 5.92 Å². The van der Waals surface area contributed by atoms with Gasteiger partial charge in [-0.05, 0) is 18.9 Å². The van der Waals surface area contributed by atoms with Gasteiger partial charge in [0.2, 0.25) is 0 Å². The maximum absolute atomic E-state index is 10.6. The van der Waals surface area contributed by atoms with Crippen LogP contribution in [0.4, 0.5) is 0 Å². The molecule has 0 saturated carbocycles. The molecule has 70 valence electrons. The van der Waals surface area contributed by atoms with E-state index >= 15 is 0 Å². The highest BCUT2D eigenvalue weighted by Crippen LogP contribution is 2.17. The minimum atomic E-state index is -0.638. The summed E-state index contributed by atoms with van der Waals surface area (Å²) in [6.45, 7) is 7.05. The van der Waals surface area contributed by atoms with Crippen LogP contribution in [0.15, 0.2) is 0 Å². The Morgan fingerprint density at radius 2 is 2.33 bits per heavy atom. The van der Waals surface area contributed by atoms with Crippen molar-refractivity contribution in [3.63, 3.8) is 0 Å². The summed E-state index contributed by atoms with van der Waals surface area (Å²) < 4.78 is 0. The summed E-state index contributed by atoms with van der Waals surface area (Å²) in [5.41, 5.74) is 0. The van der Waals surface area contributed by atoms with Crippen molar-refractivity contribution in [2.24, 2.45) is 11.8 Å². The third kappa shape index (κ3) is 2.48. The summed E-state index contributed by atoms with van der Waals surface area (Å²) in [5, 5.41) is 8.74. The van der Waals surface area contributed by atoms with E-state index in [0.717, 1.165) is 26.1 Å². The molecular weight excluding hydrogens is 154 g/mol. The second-order valence-electron chi connectivity index (χ2n) is 3.98. The quantitative estimate of drug-likeness (QED) is 0.690. The number of carbonyl (C=O) groups is 1. The van der Waals surface area contributed by atoms with Gasteiger partial charge in [-0.25, -0.2) is 0 Å². The molecule has 0 radical (unpaired) electrons. The molecule has 1 N–H and O–H groups in total. The minimum Gasteiger partial charge on any atom is -0.481 e. The maximum atomic E-state index is 10.6. The molecule has 0 bridgehead atoms. The molecule has 0 aromatic rings. The maximum Gasteiger partial charge on any atom is 0.307 e. The molecule has 0 aliphatic carbocycles. The predicted molar refractivity (Wildman–Crippen MR) is 47.0 cm³/mol. The molecule has 0 unspecified atom stereocenters. The summed E-state index contributed by atoms with van der Waals surface area (Å²) >= 11 is 0. The van der Waals surface area contributed by atoms with E-state index in [0.29, 0.717) is 5.92 Å². The number of rotatable bonds is 3. The molecule has 0 aromatic carbocycles. The normalized spacial score (nSPS) is 25.1. The van der Waals surface area contributed by atoms with Gasteiger partial charge in [-0.3, -0.25) is 4.79 Å². The zero-order chi connectivity index (χ0) is 9.14. The molecule has 3 nitrogen and oxygen atoms in total.